The van der Waals surface area contributed by atoms with E-state index in [1.165, 1.54) is 11.1 Å². The van der Waals surface area contributed by atoms with Crippen molar-refractivity contribution in [2.75, 3.05) is 51.7 Å². The second-order valence-electron chi connectivity index (χ2n) is 7.20. The Bertz CT molecular complexity index is 759. The van der Waals surface area contributed by atoms with E-state index in [0.29, 0.717) is 6.54 Å². The fourth-order valence-electron chi connectivity index (χ4n) is 3.37. The maximum absolute atomic E-state index is 4.94. The molecule has 1 aliphatic rings. The van der Waals surface area contributed by atoms with Crippen molar-refractivity contribution in [2.45, 2.75) is 20.0 Å². The highest BCUT2D eigenvalue weighted by Gasteiger charge is 2.21. The molecule has 1 saturated heterocycles. The second-order valence-corrected chi connectivity index (χ2v) is 7.20. The summed E-state index contributed by atoms with van der Waals surface area (Å²) in [5.74, 6) is 1.79. The first kappa shape index (κ1) is 23.3. The normalized spacial score (nSPS) is 14.7. The molecule has 1 aliphatic heterocycles. The third kappa shape index (κ3) is 6.81. The molecule has 1 aromatic heterocycles. The third-order valence-electron chi connectivity index (χ3n) is 4.75. The SMILES string of the molecule is CCNC(=NCc1ccccc1CN(C)C)N1CCN(c2ncccn2)CC1.I. The van der Waals surface area contributed by atoms with Crippen LogP contribution in [0.2, 0.25) is 0 Å². The number of aromatic nitrogens is 2. The summed E-state index contributed by atoms with van der Waals surface area (Å²) in [7, 11) is 4.19. The van der Waals surface area contributed by atoms with Gasteiger partial charge in [0.15, 0.2) is 5.96 Å². The zero-order valence-corrected chi connectivity index (χ0v) is 19.9. The summed E-state index contributed by atoms with van der Waals surface area (Å²) in [6, 6.07) is 10.4. The van der Waals surface area contributed by atoms with Crippen LogP contribution in [0.3, 0.4) is 0 Å². The van der Waals surface area contributed by atoms with Crippen molar-refractivity contribution in [1.29, 1.82) is 0 Å². The van der Waals surface area contributed by atoms with Crippen LogP contribution in [0.1, 0.15) is 18.1 Å². The van der Waals surface area contributed by atoms with E-state index in [4.69, 9.17) is 4.99 Å². The zero-order valence-electron chi connectivity index (χ0n) is 17.6. The van der Waals surface area contributed by atoms with Crippen LogP contribution < -0.4 is 10.2 Å². The quantitative estimate of drug-likeness (QED) is 0.367. The van der Waals surface area contributed by atoms with Gasteiger partial charge in [-0.25, -0.2) is 15.0 Å². The summed E-state index contributed by atoms with van der Waals surface area (Å²) in [6.07, 6.45) is 3.59. The van der Waals surface area contributed by atoms with Gasteiger partial charge < -0.3 is 20.0 Å². The molecule has 0 bridgehead atoms. The second kappa shape index (κ2) is 11.9. The number of hydrogen-bond acceptors (Lipinski definition) is 5. The highest BCUT2D eigenvalue weighted by molar-refractivity contribution is 14.0. The van der Waals surface area contributed by atoms with Crippen molar-refractivity contribution in [1.82, 2.24) is 25.1 Å². The van der Waals surface area contributed by atoms with Gasteiger partial charge in [-0.05, 0) is 38.2 Å². The molecule has 158 valence electrons. The first-order chi connectivity index (χ1) is 13.7. The van der Waals surface area contributed by atoms with Gasteiger partial charge in [0.05, 0.1) is 6.54 Å². The smallest absolute Gasteiger partial charge is 0.225 e. The molecule has 0 radical (unpaired) electrons. The van der Waals surface area contributed by atoms with Crippen LogP contribution in [0.15, 0.2) is 47.7 Å². The minimum atomic E-state index is 0. The number of guanidine groups is 1. The minimum absolute atomic E-state index is 0. The Kier molecular flexibility index (Phi) is 9.59. The lowest BCUT2D eigenvalue weighted by Crippen LogP contribution is -2.53. The Morgan fingerprint density at radius 2 is 1.69 bits per heavy atom. The monoisotopic (exact) mass is 509 g/mol. The number of rotatable bonds is 6. The predicted octanol–water partition coefficient (Wildman–Crippen LogP) is 2.44. The summed E-state index contributed by atoms with van der Waals surface area (Å²) in [4.78, 5) is 20.4. The average Bonchev–Trinajstić information content (AvgIpc) is 2.72. The van der Waals surface area contributed by atoms with E-state index in [9.17, 15) is 0 Å². The van der Waals surface area contributed by atoms with Gasteiger partial charge in [0.25, 0.3) is 0 Å². The summed E-state index contributed by atoms with van der Waals surface area (Å²) < 4.78 is 0. The summed E-state index contributed by atoms with van der Waals surface area (Å²) in [5.41, 5.74) is 2.61. The average molecular weight is 509 g/mol. The topological polar surface area (TPSA) is 59.9 Å². The molecule has 2 heterocycles. The van der Waals surface area contributed by atoms with E-state index in [0.717, 1.165) is 51.2 Å². The van der Waals surface area contributed by atoms with Crippen LogP contribution in [-0.4, -0.2) is 72.5 Å². The molecular weight excluding hydrogens is 477 g/mol. The fraction of sp³-hybridized carbons (Fsp3) is 0.476. The van der Waals surface area contributed by atoms with Crippen molar-refractivity contribution in [3.8, 4) is 0 Å². The van der Waals surface area contributed by atoms with Gasteiger partial charge in [0.2, 0.25) is 5.95 Å². The minimum Gasteiger partial charge on any atom is -0.357 e. The predicted molar refractivity (Wildman–Crippen MR) is 130 cm³/mol. The molecule has 2 aromatic rings. The molecule has 0 aliphatic carbocycles. The van der Waals surface area contributed by atoms with Crippen molar-refractivity contribution in [3.05, 3.63) is 53.9 Å². The molecule has 29 heavy (non-hydrogen) atoms. The van der Waals surface area contributed by atoms with E-state index in [1.807, 2.05) is 6.07 Å². The number of hydrogen-bond donors (Lipinski definition) is 1. The fourth-order valence-corrected chi connectivity index (χ4v) is 3.37. The molecule has 1 N–H and O–H groups in total. The molecule has 1 aromatic carbocycles. The maximum Gasteiger partial charge on any atom is 0.225 e. The van der Waals surface area contributed by atoms with Gasteiger partial charge in [-0.3, -0.25) is 0 Å². The van der Waals surface area contributed by atoms with Crippen LogP contribution in [0.4, 0.5) is 5.95 Å². The Morgan fingerprint density at radius 1 is 1.03 bits per heavy atom. The summed E-state index contributed by atoms with van der Waals surface area (Å²) in [6.45, 7) is 8.19. The van der Waals surface area contributed by atoms with E-state index < -0.39 is 0 Å². The first-order valence-corrected chi connectivity index (χ1v) is 9.94. The van der Waals surface area contributed by atoms with Gasteiger partial charge >= 0.3 is 0 Å². The number of anilines is 1. The standard InChI is InChI=1S/C21H31N7.HI/c1-4-22-20(25-16-18-8-5-6-9-19(18)17-26(2)3)27-12-14-28(15-13-27)21-23-10-7-11-24-21;/h5-11H,4,12-17H2,1-3H3,(H,22,25);1H. The lowest BCUT2D eigenvalue weighted by atomic mass is 10.1. The molecule has 0 saturated carbocycles. The zero-order chi connectivity index (χ0) is 19.8. The van der Waals surface area contributed by atoms with E-state index >= 15 is 0 Å². The van der Waals surface area contributed by atoms with Crippen molar-refractivity contribution < 1.29 is 0 Å². The van der Waals surface area contributed by atoms with Crippen LogP contribution in [0.25, 0.3) is 0 Å². The molecule has 1 fully saturated rings. The first-order valence-electron chi connectivity index (χ1n) is 9.94. The highest BCUT2D eigenvalue weighted by Crippen LogP contribution is 2.13. The number of piperazine rings is 1. The molecule has 7 nitrogen and oxygen atoms in total. The number of aliphatic imine (C=N–C) groups is 1. The van der Waals surface area contributed by atoms with Crippen LogP contribution in [0.5, 0.6) is 0 Å². The molecular formula is C21H32IN7. The Morgan fingerprint density at radius 3 is 2.31 bits per heavy atom. The molecule has 0 amide bonds. The van der Waals surface area contributed by atoms with Gasteiger partial charge in [-0.2, -0.15) is 0 Å². The highest BCUT2D eigenvalue weighted by atomic mass is 127. The van der Waals surface area contributed by atoms with Gasteiger partial charge in [0, 0.05) is 51.7 Å². The summed E-state index contributed by atoms with van der Waals surface area (Å²) >= 11 is 0. The maximum atomic E-state index is 4.94. The Labute approximate surface area is 191 Å². The van der Waals surface area contributed by atoms with E-state index in [2.05, 4.69) is 75.3 Å². The molecule has 3 rings (SSSR count). The van der Waals surface area contributed by atoms with Crippen molar-refractivity contribution >= 4 is 35.9 Å². The Balaban J connectivity index is 0.00000300. The Hall–Kier alpha value is -1.94. The molecule has 0 unspecified atom stereocenters. The van der Waals surface area contributed by atoms with Crippen molar-refractivity contribution in [3.63, 3.8) is 0 Å². The molecule has 0 spiro atoms. The van der Waals surface area contributed by atoms with Gasteiger partial charge in [0.1, 0.15) is 0 Å². The number of halogens is 1. The van der Waals surface area contributed by atoms with Crippen LogP contribution in [0, 0.1) is 0 Å². The molecule has 0 atom stereocenters. The lowest BCUT2D eigenvalue weighted by Gasteiger charge is -2.36. The van der Waals surface area contributed by atoms with E-state index in [1.54, 1.807) is 12.4 Å². The third-order valence-corrected chi connectivity index (χ3v) is 4.75. The van der Waals surface area contributed by atoms with Crippen molar-refractivity contribution in [2.24, 2.45) is 4.99 Å². The van der Waals surface area contributed by atoms with Crippen LogP contribution >= 0.6 is 24.0 Å². The number of benzene rings is 1. The molecule has 8 heteroatoms. The van der Waals surface area contributed by atoms with E-state index in [-0.39, 0.29) is 24.0 Å². The van der Waals surface area contributed by atoms with Gasteiger partial charge in [-0.15, -0.1) is 24.0 Å². The van der Waals surface area contributed by atoms with Gasteiger partial charge in [-0.1, -0.05) is 24.3 Å². The number of nitrogens with zero attached hydrogens (tertiary/aromatic N) is 6. The summed E-state index contributed by atoms with van der Waals surface area (Å²) in [5, 5.41) is 3.45. The lowest BCUT2D eigenvalue weighted by molar-refractivity contribution is 0.370. The van der Waals surface area contributed by atoms with Crippen LogP contribution in [-0.2, 0) is 13.1 Å². The largest absolute Gasteiger partial charge is 0.357 e. The number of nitrogens with one attached hydrogen (secondary N) is 1.